The molecule has 0 heterocycles. The molecule has 0 fully saturated rings. The van der Waals surface area contributed by atoms with Gasteiger partial charge < -0.3 is 9.05 Å². The molecule has 0 aliphatic heterocycles. The van der Waals surface area contributed by atoms with Gasteiger partial charge in [-0.1, -0.05) is 111 Å². The van der Waals surface area contributed by atoms with Crippen LogP contribution in [-0.4, -0.2) is 19.9 Å². The summed E-state index contributed by atoms with van der Waals surface area (Å²) in [7, 11) is -2.87. The largest absolute Gasteiger partial charge is 0.327 e. The van der Waals surface area contributed by atoms with E-state index < -0.39 is 7.60 Å². The quantitative estimate of drug-likeness (QED) is 0.159. The molecule has 0 saturated carbocycles. The number of hydrogen-bond donors (Lipinski definition) is 0. The molecule has 4 heteroatoms. The molecule has 0 saturated heterocycles. The fourth-order valence-electron chi connectivity index (χ4n) is 3.08. The van der Waals surface area contributed by atoms with Gasteiger partial charge in [-0.15, -0.1) is 0 Å². The van der Waals surface area contributed by atoms with E-state index in [4.69, 9.17) is 9.05 Å². The van der Waals surface area contributed by atoms with Crippen LogP contribution in [0.5, 0.6) is 0 Å². The minimum atomic E-state index is -2.87. The molecule has 0 rings (SSSR count). The third-order valence-corrected chi connectivity index (χ3v) is 6.30. The molecule has 0 unspecified atom stereocenters. The minimum Gasteiger partial charge on any atom is -0.309 e. The van der Waals surface area contributed by atoms with Crippen LogP contribution in [-0.2, 0) is 13.6 Å². The average molecular weight is 405 g/mol. The van der Waals surface area contributed by atoms with Crippen LogP contribution >= 0.6 is 7.60 Å². The maximum Gasteiger partial charge on any atom is 0.327 e. The first-order valence-corrected chi connectivity index (χ1v) is 13.6. The van der Waals surface area contributed by atoms with Crippen LogP contribution in [0.15, 0.2) is 0 Å². The van der Waals surface area contributed by atoms with Gasteiger partial charge in [-0.25, -0.2) is 0 Å². The van der Waals surface area contributed by atoms with Crippen molar-refractivity contribution in [1.29, 1.82) is 0 Å². The first-order valence-electron chi connectivity index (χ1n) is 11.6. The van der Waals surface area contributed by atoms with E-state index in [1.54, 1.807) is 6.66 Å². The summed E-state index contributed by atoms with van der Waals surface area (Å²) in [5.74, 6) is 0. The third kappa shape index (κ3) is 22.3. The smallest absolute Gasteiger partial charge is 0.309 e. The lowest BCUT2D eigenvalue weighted by atomic mass is 9.93. The molecule has 3 nitrogen and oxygen atoms in total. The fourth-order valence-corrected chi connectivity index (χ4v) is 4.04. The normalized spacial score (nSPS) is 14.4. The summed E-state index contributed by atoms with van der Waals surface area (Å²) < 4.78 is 23.1. The number of rotatable bonds is 19. The van der Waals surface area contributed by atoms with Crippen molar-refractivity contribution in [3.63, 3.8) is 0 Å². The maximum atomic E-state index is 12.2. The Labute approximate surface area is 170 Å². The van der Waals surface area contributed by atoms with Gasteiger partial charge >= 0.3 is 7.60 Å². The van der Waals surface area contributed by atoms with Gasteiger partial charge in [0.1, 0.15) is 0 Å². The lowest BCUT2D eigenvalue weighted by Gasteiger charge is -2.20. The van der Waals surface area contributed by atoms with Crippen LogP contribution in [0.1, 0.15) is 124 Å². The molecule has 164 valence electrons. The van der Waals surface area contributed by atoms with E-state index in [-0.39, 0.29) is 5.41 Å². The molecule has 0 radical (unpaired) electrons. The molecule has 0 bridgehead atoms. The van der Waals surface area contributed by atoms with Crippen molar-refractivity contribution < 1.29 is 13.6 Å². The zero-order chi connectivity index (χ0) is 20.4. The van der Waals surface area contributed by atoms with Crippen LogP contribution < -0.4 is 0 Å². The first-order chi connectivity index (χ1) is 12.8. The molecule has 0 amide bonds. The monoisotopic (exact) mass is 404 g/mol. The highest BCUT2D eigenvalue weighted by molar-refractivity contribution is 7.52. The topological polar surface area (TPSA) is 35.5 Å². The van der Waals surface area contributed by atoms with Crippen LogP contribution in [0, 0.1) is 5.41 Å². The molecule has 0 aliphatic rings. The molecule has 27 heavy (non-hydrogen) atoms. The van der Waals surface area contributed by atoms with E-state index >= 15 is 0 Å². The van der Waals surface area contributed by atoms with Crippen LogP contribution in [0.3, 0.4) is 0 Å². The molecular formula is C23H49O3P. The zero-order valence-corrected chi connectivity index (χ0v) is 20.1. The Kier molecular flexibility index (Phi) is 17.1. The Bertz CT molecular complexity index is 363. The summed E-state index contributed by atoms with van der Waals surface area (Å²) >= 11 is 0. The lowest BCUT2D eigenvalue weighted by Crippen LogP contribution is -2.09. The molecular weight excluding hydrogens is 355 g/mol. The van der Waals surface area contributed by atoms with Crippen LogP contribution in [0.25, 0.3) is 0 Å². The maximum absolute atomic E-state index is 12.2. The van der Waals surface area contributed by atoms with E-state index in [9.17, 15) is 4.57 Å². The predicted octanol–water partition coefficient (Wildman–Crippen LogP) is 8.76. The molecule has 0 aliphatic carbocycles. The number of unbranched alkanes of at least 4 members (excludes halogenated alkanes) is 13. The van der Waals surface area contributed by atoms with Crippen LogP contribution in [0.4, 0.5) is 0 Å². The van der Waals surface area contributed by atoms with Crippen LogP contribution in [0.2, 0.25) is 0 Å². The Morgan fingerprint density at radius 1 is 0.630 bits per heavy atom. The van der Waals surface area contributed by atoms with Crippen molar-refractivity contribution in [3.8, 4) is 0 Å². The van der Waals surface area contributed by atoms with Crippen molar-refractivity contribution in [3.05, 3.63) is 0 Å². The molecule has 0 aromatic heterocycles. The summed E-state index contributed by atoms with van der Waals surface area (Å²) in [5.41, 5.74) is 0.203. The Balaban J connectivity index is 3.31. The summed E-state index contributed by atoms with van der Waals surface area (Å²) in [6.45, 7) is 11.4. The molecule has 1 atom stereocenters. The van der Waals surface area contributed by atoms with Gasteiger partial charge in [0, 0.05) is 6.66 Å². The highest BCUT2D eigenvalue weighted by Gasteiger charge is 2.18. The Morgan fingerprint density at radius 2 is 1.00 bits per heavy atom. The van der Waals surface area contributed by atoms with Crippen molar-refractivity contribution in [2.24, 2.45) is 5.41 Å². The van der Waals surface area contributed by atoms with E-state index in [0.717, 1.165) is 12.8 Å². The van der Waals surface area contributed by atoms with E-state index in [2.05, 4.69) is 27.7 Å². The van der Waals surface area contributed by atoms with Gasteiger partial charge in [0.15, 0.2) is 0 Å². The fraction of sp³-hybridized carbons (Fsp3) is 1.00. The first kappa shape index (κ1) is 27.1. The van der Waals surface area contributed by atoms with Gasteiger partial charge in [-0.05, 0) is 18.3 Å². The molecule has 0 aromatic carbocycles. The van der Waals surface area contributed by atoms with E-state index in [0.29, 0.717) is 13.2 Å². The van der Waals surface area contributed by atoms with Crippen molar-refractivity contribution in [1.82, 2.24) is 0 Å². The van der Waals surface area contributed by atoms with E-state index in [1.165, 1.54) is 83.5 Å². The standard InChI is InChI=1S/C23H49O3P/c1-6-7-8-9-10-11-12-13-14-15-16-17-18-19-21-25-27(5,24)26-22-20-23(2,3)4/h6-22H2,1-5H3/t27-/m1/s1. The second-order valence-electron chi connectivity index (χ2n) is 9.34. The van der Waals surface area contributed by atoms with E-state index in [1.807, 2.05) is 0 Å². The van der Waals surface area contributed by atoms with Crippen molar-refractivity contribution in [2.75, 3.05) is 19.9 Å². The highest BCUT2D eigenvalue weighted by Crippen LogP contribution is 2.44. The predicted molar refractivity (Wildman–Crippen MR) is 120 cm³/mol. The Morgan fingerprint density at radius 3 is 1.41 bits per heavy atom. The Hall–Kier alpha value is 0.150. The van der Waals surface area contributed by atoms with Crippen molar-refractivity contribution >= 4 is 7.60 Å². The average Bonchev–Trinajstić information content (AvgIpc) is 2.57. The number of hydrogen-bond acceptors (Lipinski definition) is 3. The molecule has 0 spiro atoms. The van der Waals surface area contributed by atoms with Gasteiger partial charge in [-0.2, -0.15) is 0 Å². The minimum absolute atomic E-state index is 0.203. The second-order valence-corrected chi connectivity index (χ2v) is 11.4. The molecule has 0 aromatic rings. The van der Waals surface area contributed by atoms with Gasteiger partial charge in [0.05, 0.1) is 13.2 Å². The summed E-state index contributed by atoms with van der Waals surface area (Å²) in [6.07, 6.45) is 19.7. The van der Waals surface area contributed by atoms with Gasteiger partial charge in [-0.3, -0.25) is 4.57 Å². The molecule has 0 N–H and O–H groups in total. The van der Waals surface area contributed by atoms with Crippen molar-refractivity contribution in [2.45, 2.75) is 124 Å². The SMILES string of the molecule is CCCCCCCCCCCCCCCCO[P@@](C)(=O)OCCC(C)(C)C. The lowest BCUT2D eigenvalue weighted by molar-refractivity contribution is 0.183. The summed E-state index contributed by atoms with van der Waals surface area (Å²) in [5, 5.41) is 0. The highest BCUT2D eigenvalue weighted by atomic mass is 31.2. The third-order valence-electron chi connectivity index (χ3n) is 5.00. The zero-order valence-electron chi connectivity index (χ0n) is 19.2. The summed E-state index contributed by atoms with van der Waals surface area (Å²) in [4.78, 5) is 0. The van der Waals surface area contributed by atoms with Gasteiger partial charge in [0.25, 0.3) is 0 Å². The second kappa shape index (κ2) is 17.0. The summed E-state index contributed by atoms with van der Waals surface area (Å²) in [6, 6.07) is 0. The van der Waals surface area contributed by atoms with Gasteiger partial charge in [0.2, 0.25) is 0 Å².